The number of fused-ring (bicyclic) bond motifs is 1. The predicted octanol–water partition coefficient (Wildman–Crippen LogP) is 2.66. The zero-order valence-corrected chi connectivity index (χ0v) is 29.0. The highest BCUT2D eigenvalue weighted by molar-refractivity contribution is 7.51. The Morgan fingerprint density at radius 3 is 2.33 bits per heavy atom. The SMILES string of the molecule is CCC(=O)O[C@H]1[C@@H](OC(=O)CC)[C@](C#N)(c2ccc3c(N)ncnn23)O[C@@H]1CO[P@@](=O)(N[C@@H](C)C(=O)OC(C)C)OCOC(=O)OC(C)C. The van der Waals surface area contributed by atoms with Gasteiger partial charge in [0.05, 0.1) is 24.5 Å². The highest BCUT2D eigenvalue weighted by Crippen LogP contribution is 2.48. The third-order valence-corrected chi connectivity index (χ3v) is 8.37. The Morgan fingerprint density at radius 1 is 1.06 bits per heavy atom. The van der Waals surface area contributed by atoms with Crippen molar-refractivity contribution in [2.45, 2.75) is 103 Å². The molecule has 0 aromatic carbocycles. The second-order valence-corrected chi connectivity index (χ2v) is 12.9. The Kier molecular flexibility index (Phi) is 13.4. The summed E-state index contributed by atoms with van der Waals surface area (Å²) in [5.41, 5.74) is 4.13. The molecular weight excluding hydrogens is 671 g/mol. The van der Waals surface area contributed by atoms with Crippen LogP contribution in [0, 0.1) is 11.3 Å². The number of carbonyl (C=O) groups is 4. The van der Waals surface area contributed by atoms with Crippen LogP contribution in [0.5, 0.6) is 0 Å². The van der Waals surface area contributed by atoms with Gasteiger partial charge in [0.25, 0.3) is 0 Å². The highest BCUT2D eigenvalue weighted by Gasteiger charge is 2.62. The van der Waals surface area contributed by atoms with E-state index >= 15 is 0 Å². The number of nitrogens with one attached hydrogen (secondary N) is 1. The standard InChI is InChI=1S/C29H41N6O13P/c1-8-22(36)46-24-20(12-42-49(40,34-18(7)27(38)44-16(3)4)43-15-41-28(39)45-17(5)6)48-29(13-30,25(24)47-23(37)9-2)21-11-10-19-26(31)32-14-33-35(19)21/h10-11,14,16-18,20,24-25H,8-9,12,15H2,1-7H3,(H,34,40)(H2,31,32,33)/t18-,20+,24+,25+,29-,49-/m0/s1. The molecule has 1 aliphatic heterocycles. The van der Waals surface area contributed by atoms with Crippen molar-refractivity contribution >= 4 is 43.1 Å². The molecule has 3 rings (SSSR count). The minimum absolute atomic E-state index is 0.0349. The summed E-state index contributed by atoms with van der Waals surface area (Å²) >= 11 is 0. The van der Waals surface area contributed by atoms with E-state index in [1.807, 2.05) is 6.07 Å². The Bertz CT molecular complexity index is 1590. The smallest absolute Gasteiger partial charge is 0.462 e. The first-order valence-electron chi connectivity index (χ1n) is 15.4. The number of nitrogen functional groups attached to an aromatic ring is 1. The largest absolute Gasteiger partial charge is 0.510 e. The fraction of sp³-hybridized carbons (Fsp3) is 0.621. The summed E-state index contributed by atoms with van der Waals surface area (Å²) < 4.78 is 58.6. The zero-order chi connectivity index (χ0) is 36.5. The van der Waals surface area contributed by atoms with Gasteiger partial charge in [-0.1, -0.05) is 13.8 Å². The number of aromatic nitrogens is 3. The molecule has 6 atom stereocenters. The molecule has 2 aromatic rings. The van der Waals surface area contributed by atoms with Gasteiger partial charge in [0, 0.05) is 12.8 Å². The van der Waals surface area contributed by atoms with Crippen LogP contribution in [0.4, 0.5) is 10.6 Å². The lowest BCUT2D eigenvalue weighted by Crippen LogP contribution is -2.46. The maximum absolute atomic E-state index is 14.0. The van der Waals surface area contributed by atoms with Crippen LogP contribution in [0.3, 0.4) is 0 Å². The zero-order valence-electron chi connectivity index (χ0n) is 28.1. The molecule has 19 nitrogen and oxygen atoms in total. The van der Waals surface area contributed by atoms with Crippen LogP contribution in [0.2, 0.25) is 0 Å². The molecule has 1 aliphatic rings. The molecule has 0 amide bonds. The first kappa shape index (κ1) is 39.1. The van der Waals surface area contributed by atoms with Crippen LogP contribution in [0.25, 0.3) is 5.52 Å². The molecule has 0 bridgehead atoms. The lowest BCUT2D eigenvalue weighted by Gasteiger charge is -2.28. The summed E-state index contributed by atoms with van der Waals surface area (Å²) in [5, 5.41) is 17.2. The third-order valence-electron chi connectivity index (χ3n) is 6.73. The van der Waals surface area contributed by atoms with Crippen molar-refractivity contribution in [3.05, 3.63) is 24.2 Å². The van der Waals surface area contributed by atoms with Crippen molar-refractivity contribution in [2.75, 3.05) is 19.1 Å². The highest BCUT2D eigenvalue weighted by atomic mass is 31.2. The van der Waals surface area contributed by atoms with Gasteiger partial charge in [-0.2, -0.15) is 10.4 Å². The molecule has 1 fully saturated rings. The summed E-state index contributed by atoms with van der Waals surface area (Å²) in [5.74, 6) is -2.26. The fourth-order valence-electron chi connectivity index (χ4n) is 4.54. The number of ether oxygens (including phenoxy) is 6. The molecular formula is C29H41N6O13P. The Morgan fingerprint density at radius 2 is 1.71 bits per heavy atom. The van der Waals surface area contributed by atoms with Gasteiger partial charge >= 0.3 is 31.8 Å². The molecule has 0 spiro atoms. The van der Waals surface area contributed by atoms with Gasteiger partial charge in [0.1, 0.15) is 30.1 Å². The first-order chi connectivity index (χ1) is 23.1. The molecule has 0 radical (unpaired) electrons. The van der Waals surface area contributed by atoms with Crippen LogP contribution >= 0.6 is 7.75 Å². The minimum Gasteiger partial charge on any atom is -0.462 e. The van der Waals surface area contributed by atoms with E-state index in [2.05, 4.69) is 15.2 Å². The summed E-state index contributed by atoms with van der Waals surface area (Å²) in [6.45, 7) is 9.03. The monoisotopic (exact) mass is 712 g/mol. The van der Waals surface area contributed by atoms with E-state index in [1.165, 1.54) is 37.4 Å². The van der Waals surface area contributed by atoms with E-state index in [1.54, 1.807) is 27.7 Å². The number of rotatable bonds is 16. The number of esters is 3. The Hall–Kier alpha value is -4.34. The van der Waals surface area contributed by atoms with Crippen LogP contribution in [-0.4, -0.2) is 88.6 Å². The Balaban J connectivity index is 2.03. The van der Waals surface area contributed by atoms with E-state index in [0.29, 0.717) is 5.52 Å². The van der Waals surface area contributed by atoms with E-state index in [0.717, 1.165) is 6.33 Å². The number of hydrogen-bond donors (Lipinski definition) is 2. The fourth-order valence-corrected chi connectivity index (χ4v) is 5.88. The minimum atomic E-state index is -4.63. The number of nitrogens with zero attached hydrogens (tertiary/aromatic N) is 4. The van der Waals surface area contributed by atoms with Gasteiger partial charge < -0.3 is 34.2 Å². The van der Waals surface area contributed by atoms with Gasteiger partial charge in [0.15, 0.2) is 18.0 Å². The van der Waals surface area contributed by atoms with Crippen molar-refractivity contribution in [3.63, 3.8) is 0 Å². The molecule has 3 heterocycles. The molecule has 0 aliphatic carbocycles. The van der Waals surface area contributed by atoms with E-state index < -0.39 is 87.4 Å². The number of nitriles is 1. The summed E-state index contributed by atoms with van der Waals surface area (Å²) in [7, 11) is -4.63. The average molecular weight is 713 g/mol. The van der Waals surface area contributed by atoms with Crippen molar-refractivity contribution in [2.24, 2.45) is 0 Å². The topological polar surface area (TPSA) is 251 Å². The van der Waals surface area contributed by atoms with Crippen LogP contribution < -0.4 is 10.8 Å². The molecule has 3 N–H and O–H groups in total. The third kappa shape index (κ3) is 9.64. The lowest BCUT2D eigenvalue weighted by atomic mass is 9.92. The maximum Gasteiger partial charge on any atom is 0.510 e. The normalized spacial score (nSPS) is 22.2. The van der Waals surface area contributed by atoms with E-state index in [-0.39, 0.29) is 24.4 Å². The molecule has 1 saturated heterocycles. The van der Waals surface area contributed by atoms with Crippen molar-refractivity contribution in [1.29, 1.82) is 5.26 Å². The van der Waals surface area contributed by atoms with Crippen LogP contribution in [0.1, 0.15) is 67.0 Å². The number of carbonyl (C=O) groups excluding carboxylic acids is 4. The molecule has 49 heavy (non-hydrogen) atoms. The van der Waals surface area contributed by atoms with Crippen LogP contribution in [0.15, 0.2) is 18.5 Å². The van der Waals surface area contributed by atoms with Gasteiger partial charge in [-0.3, -0.25) is 23.4 Å². The molecule has 0 saturated carbocycles. The molecule has 0 unspecified atom stereocenters. The summed E-state index contributed by atoms with van der Waals surface area (Å²) in [6.07, 6.45) is -5.85. The van der Waals surface area contributed by atoms with E-state index in [4.69, 9.17) is 43.2 Å². The average Bonchev–Trinajstić information content (AvgIpc) is 3.60. The predicted molar refractivity (Wildman–Crippen MR) is 166 cm³/mol. The number of hydrogen-bond acceptors (Lipinski definition) is 17. The lowest BCUT2D eigenvalue weighted by molar-refractivity contribution is -0.169. The van der Waals surface area contributed by atoms with E-state index in [9.17, 15) is 29.0 Å². The van der Waals surface area contributed by atoms with Gasteiger partial charge in [-0.15, -0.1) is 0 Å². The molecule has 2 aromatic heterocycles. The summed E-state index contributed by atoms with van der Waals surface area (Å²) in [6, 6.07) is 3.71. The Labute approximate surface area is 282 Å². The maximum atomic E-state index is 14.0. The quantitative estimate of drug-likeness (QED) is 0.110. The second-order valence-electron chi connectivity index (χ2n) is 11.2. The van der Waals surface area contributed by atoms with Crippen LogP contribution in [-0.2, 0) is 62.0 Å². The van der Waals surface area contributed by atoms with Gasteiger partial charge in [-0.25, -0.2) is 23.9 Å². The van der Waals surface area contributed by atoms with Crippen molar-refractivity contribution in [3.8, 4) is 6.07 Å². The van der Waals surface area contributed by atoms with Gasteiger partial charge in [-0.05, 0) is 46.8 Å². The first-order valence-corrected chi connectivity index (χ1v) is 16.9. The molecule has 20 heteroatoms. The second kappa shape index (κ2) is 16.9. The van der Waals surface area contributed by atoms with Crippen molar-refractivity contribution in [1.82, 2.24) is 19.7 Å². The van der Waals surface area contributed by atoms with Gasteiger partial charge in [0.2, 0.25) is 12.4 Å². The number of nitrogens with two attached hydrogens (primary N) is 1. The van der Waals surface area contributed by atoms with Crippen molar-refractivity contribution < 1.29 is 61.2 Å². The number of anilines is 1. The summed E-state index contributed by atoms with van der Waals surface area (Å²) in [4.78, 5) is 53.8. The molecule has 270 valence electrons.